The molecule has 94 valence electrons. The molecule has 2 rings (SSSR count). The number of rotatable bonds is 5. The maximum absolute atomic E-state index is 5.93. The first-order valence-corrected chi connectivity index (χ1v) is 6.43. The minimum Gasteiger partial charge on any atom is -0.305 e. The van der Waals surface area contributed by atoms with E-state index < -0.39 is 0 Å². The van der Waals surface area contributed by atoms with Crippen LogP contribution >= 0.6 is 11.6 Å². The van der Waals surface area contributed by atoms with Gasteiger partial charge >= 0.3 is 0 Å². The Hall–Kier alpha value is -1.50. The number of halogens is 1. The van der Waals surface area contributed by atoms with Crippen molar-refractivity contribution < 1.29 is 0 Å². The van der Waals surface area contributed by atoms with Crippen molar-refractivity contribution in [2.45, 2.75) is 32.4 Å². The Kier molecular flexibility index (Phi) is 4.24. The van der Waals surface area contributed by atoms with Crippen LogP contribution < -0.4 is 5.32 Å². The van der Waals surface area contributed by atoms with E-state index >= 15 is 0 Å². The van der Waals surface area contributed by atoms with Crippen LogP contribution in [0.3, 0.4) is 0 Å². The third kappa shape index (κ3) is 3.04. The van der Waals surface area contributed by atoms with Gasteiger partial charge in [0.15, 0.2) is 0 Å². The lowest BCUT2D eigenvalue weighted by molar-refractivity contribution is 0.558. The van der Waals surface area contributed by atoms with E-state index in [1.807, 2.05) is 28.9 Å². The van der Waals surface area contributed by atoms with Crippen molar-refractivity contribution in [2.75, 3.05) is 0 Å². The molecule has 18 heavy (non-hydrogen) atoms. The molecule has 0 fully saturated rings. The van der Waals surface area contributed by atoms with Crippen molar-refractivity contribution in [2.24, 2.45) is 0 Å². The van der Waals surface area contributed by atoms with Crippen molar-refractivity contribution in [3.63, 3.8) is 0 Å². The van der Waals surface area contributed by atoms with Crippen molar-refractivity contribution in [1.82, 2.24) is 14.7 Å². The molecule has 0 aromatic carbocycles. The van der Waals surface area contributed by atoms with Crippen LogP contribution in [0.2, 0.25) is 5.02 Å². The van der Waals surface area contributed by atoms with Crippen LogP contribution in [0.1, 0.15) is 25.5 Å². The molecular formula is C14H16ClN3. The first kappa shape index (κ1) is 12.9. The Morgan fingerprint density at radius 1 is 1.50 bits per heavy atom. The third-order valence-electron chi connectivity index (χ3n) is 2.77. The monoisotopic (exact) mass is 261 g/mol. The van der Waals surface area contributed by atoms with E-state index in [2.05, 4.69) is 23.1 Å². The summed E-state index contributed by atoms with van der Waals surface area (Å²) in [6.07, 6.45) is 11.3. The average Bonchev–Trinajstić information content (AvgIpc) is 2.76. The predicted molar refractivity (Wildman–Crippen MR) is 74.6 cm³/mol. The zero-order valence-corrected chi connectivity index (χ0v) is 11.1. The van der Waals surface area contributed by atoms with Crippen molar-refractivity contribution >= 4 is 17.2 Å². The number of fused-ring (bicyclic) bond motifs is 1. The standard InChI is InChI=1S/C14H16ClN3/c1-3-5-12(4-2)16-8-13-10-18-9-11(15)6-7-14(18)17-13/h2,6-7,9-10,12,16H,3,5,8H2,1H3. The lowest BCUT2D eigenvalue weighted by atomic mass is 10.2. The molecule has 0 aliphatic carbocycles. The maximum atomic E-state index is 5.93. The molecule has 0 saturated carbocycles. The number of aromatic nitrogens is 2. The number of pyridine rings is 1. The molecule has 0 amide bonds. The Labute approximate surface area is 112 Å². The molecule has 3 nitrogen and oxygen atoms in total. The molecule has 1 atom stereocenters. The second-order valence-electron chi connectivity index (χ2n) is 4.23. The highest BCUT2D eigenvalue weighted by molar-refractivity contribution is 6.30. The van der Waals surface area contributed by atoms with Gasteiger partial charge in [0, 0.05) is 18.9 Å². The number of nitrogens with zero attached hydrogens (tertiary/aromatic N) is 2. The average molecular weight is 262 g/mol. The number of nitrogens with one attached hydrogen (secondary N) is 1. The third-order valence-corrected chi connectivity index (χ3v) is 3.00. The summed E-state index contributed by atoms with van der Waals surface area (Å²) in [6, 6.07) is 3.85. The molecule has 2 aromatic heterocycles. The molecule has 4 heteroatoms. The SMILES string of the molecule is C#CC(CCC)NCc1cn2cc(Cl)ccc2n1. The molecule has 0 saturated heterocycles. The van der Waals surface area contributed by atoms with Gasteiger partial charge < -0.3 is 4.40 Å². The molecule has 0 aliphatic rings. The van der Waals surface area contributed by atoms with Crippen LogP contribution in [-0.2, 0) is 6.54 Å². The predicted octanol–water partition coefficient (Wildman–Crippen LogP) is 2.88. The fourth-order valence-corrected chi connectivity index (χ4v) is 2.03. The van der Waals surface area contributed by atoms with E-state index in [1.165, 1.54) is 0 Å². The van der Waals surface area contributed by atoms with E-state index in [9.17, 15) is 0 Å². The van der Waals surface area contributed by atoms with Gasteiger partial charge in [-0.05, 0) is 18.6 Å². The molecule has 0 aliphatic heterocycles. The van der Waals surface area contributed by atoms with Gasteiger partial charge in [-0.3, -0.25) is 5.32 Å². The van der Waals surface area contributed by atoms with Gasteiger partial charge in [-0.25, -0.2) is 4.98 Å². The number of imidazole rings is 1. The van der Waals surface area contributed by atoms with Gasteiger partial charge in [0.25, 0.3) is 0 Å². The van der Waals surface area contributed by atoms with E-state index in [-0.39, 0.29) is 6.04 Å². The molecular weight excluding hydrogens is 246 g/mol. The summed E-state index contributed by atoms with van der Waals surface area (Å²) in [5.74, 6) is 2.75. The Bertz CT molecular complexity index is 568. The normalized spacial score (nSPS) is 12.5. The summed E-state index contributed by atoms with van der Waals surface area (Å²) in [5.41, 5.74) is 1.86. The Balaban J connectivity index is 2.06. The smallest absolute Gasteiger partial charge is 0.137 e. The first-order chi connectivity index (χ1) is 8.72. The van der Waals surface area contributed by atoms with Crippen LogP contribution in [0.25, 0.3) is 5.65 Å². The first-order valence-electron chi connectivity index (χ1n) is 6.05. The molecule has 2 aromatic rings. The second kappa shape index (κ2) is 5.90. The van der Waals surface area contributed by atoms with Gasteiger partial charge in [0.05, 0.1) is 16.8 Å². The summed E-state index contributed by atoms with van der Waals surface area (Å²) in [7, 11) is 0. The van der Waals surface area contributed by atoms with Crippen molar-refractivity contribution in [3.05, 3.63) is 35.2 Å². The van der Waals surface area contributed by atoms with Crippen LogP contribution in [0.4, 0.5) is 0 Å². The zero-order valence-electron chi connectivity index (χ0n) is 10.4. The molecule has 0 radical (unpaired) electrons. The van der Waals surface area contributed by atoms with Gasteiger partial charge in [-0.15, -0.1) is 6.42 Å². The summed E-state index contributed by atoms with van der Waals surface area (Å²) in [4.78, 5) is 4.49. The van der Waals surface area contributed by atoms with E-state index in [1.54, 1.807) is 0 Å². The van der Waals surface area contributed by atoms with Crippen LogP contribution in [0, 0.1) is 12.3 Å². The van der Waals surface area contributed by atoms with E-state index in [4.69, 9.17) is 18.0 Å². The van der Waals surface area contributed by atoms with Crippen LogP contribution in [-0.4, -0.2) is 15.4 Å². The lowest BCUT2D eigenvalue weighted by Gasteiger charge is -2.09. The Morgan fingerprint density at radius 3 is 3.06 bits per heavy atom. The maximum Gasteiger partial charge on any atom is 0.137 e. The summed E-state index contributed by atoms with van der Waals surface area (Å²) >= 11 is 5.93. The van der Waals surface area contributed by atoms with E-state index in [0.717, 1.165) is 24.2 Å². The van der Waals surface area contributed by atoms with Crippen LogP contribution in [0.15, 0.2) is 24.5 Å². The summed E-state index contributed by atoms with van der Waals surface area (Å²) in [6.45, 7) is 2.80. The fourth-order valence-electron chi connectivity index (χ4n) is 1.86. The Morgan fingerprint density at radius 2 is 2.33 bits per heavy atom. The van der Waals surface area contributed by atoms with E-state index in [0.29, 0.717) is 11.6 Å². The molecule has 0 spiro atoms. The molecule has 2 heterocycles. The summed E-state index contributed by atoms with van der Waals surface area (Å²) < 4.78 is 1.92. The number of hydrogen-bond acceptors (Lipinski definition) is 2. The number of hydrogen-bond donors (Lipinski definition) is 1. The van der Waals surface area contributed by atoms with Crippen molar-refractivity contribution in [1.29, 1.82) is 0 Å². The highest BCUT2D eigenvalue weighted by Crippen LogP contribution is 2.11. The number of terminal acetylenes is 1. The van der Waals surface area contributed by atoms with Gasteiger partial charge in [0.2, 0.25) is 0 Å². The highest BCUT2D eigenvalue weighted by atomic mass is 35.5. The molecule has 1 unspecified atom stereocenters. The van der Waals surface area contributed by atoms with Gasteiger partial charge in [-0.2, -0.15) is 0 Å². The zero-order chi connectivity index (χ0) is 13.0. The fraction of sp³-hybridized carbons (Fsp3) is 0.357. The minimum atomic E-state index is 0.114. The second-order valence-corrected chi connectivity index (χ2v) is 4.67. The van der Waals surface area contributed by atoms with Gasteiger partial charge in [0.1, 0.15) is 5.65 Å². The topological polar surface area (TPSA) is 29.3 Å². The van der Waals surface area contributed by atoms with Crippen molar-refractivity contribution in [3.8, 4) is 12.3 Å². The minimum absolute atomic E-state index is 0.114. The quantitative estimate of drug-likeness (QED) is 0.839. The lowest BCUT2D eigenvalue weighted by Crippen LogP contribution is -2.26. The summed E-state index contributed by atoms with van der Waals surface area (Å²) in [5, 5.41) is 4.02. The molecule has 1 N–H and O–H groups in total. The highest BCUT2D eigenvalue weighted by Gasteiger charge is 2.05. The largest absolute Gasteiger partial charge is 0.305 e. The van der Waals surface area contributed by atoms with Gasteiger partial charge in [-0.1, -0.05) is 30.9 Å². The van der Waals surface area contributed by atoms with Crippen LogP contribution in [0.5, 0.6) is 0 Å². The molecule has 0 bridgehead atoms.